The molecule has 1 aromatic rings. The highest BCUT2D eigenvalue weighted by molar-refractivity contribution is 5.85. The Labute approximate surface area is 108 Å². The molecule has 0 atom stereocenters. The number of nitrogens with one attached hydrogen (secondary N) is 2. The van der Waals surface area contributed by atoms with Crippen molar-refractivity contribution in [3.63, 3.8) is 0 Å². The van der Waals surface area contributed by atoms with Gasteiger partial charge in [-0.3, -0.25) is 0 Å². The summed E-state index contributed by atoms with van der Waals surface area (Å²) in [6.07, 6.45) is 2.49. The summed E-state index contributed by atoms with van der Waals surface area (Å²) >= 11 is 0. The van der Waals surface area contributed by atoms with Gasteiger partial charge < -0.3 is 10.6 Å². The average Bonchev–Trinajstić information content (AvgIpc) is 2.30. The molecular formula is C13H20ClFN2. The van der Waals surface area contributed by atoms with Crippen LogP contribution in [0.4, 0.5) is 4.39 Å². The van der Waals surface area contributed by atoms with Crippen molar-refractivity contribution in [3.05, 3.63) is 35.6 Å². The van der Waals surface area contributed by atoms with Crippen LogP contribution in [-0.4, -0.2) is 19.6 Å². The first kappa shape index (κ1) is 14.4. The molecule has 17 heavy (non-hydrogen) atoms. The van der Waals surface area contributed by atoms with E-state index >= 15 is 0 Å². The van der Waals surface area contributed by atoms with Crippen LogP contribution in [0.1, 0.15) is 18.4 Å². The van der Waals surface area contributed by atoms with Crippen molar-refractivity contribution in [2.24, 2.45) is 5.92 Å². The molecular weight excluding hydrogens is 239 g/mol. The highest BCUT2D eigenvalue weighted by atomic mass is 35.5. The Morgan fingerprint density at radius 3 is 2.76 bits per heavy atom. The smallest absolute Gasteiger partial charge is 0.123 e. The van der Waals surface area contributed by atoms with E-state index < -0.39 is 0 Å². The van der Waals surface area contributed by atoms with Crippen LogP contribution in [0.5, 0.6) is 0 Å². The van der Waals surface area contributed by atoms with Gasteiger partial charge in [0.25, 0.3) is 0 Å². The van der Waals surface area contributed by atoms with E-state index in [9.17, 15) is 4.39 Å². The summed E-state index contributed by atoms with van der Waals surface area (Å²) in [6, 6.07) is 6.79. The Morgan fingerprint density at radius 1 is 1.29 bits per heavy atom. The molecule has 1 saturated heterocycles. The summed E-state index contributed by atoms with van der Waals surface area (Å²) in [7, 11) is 0. The van der Waals surface area contributed by atoms with Gasteiger partial charge in [0.15, 0.2) is 0 Å². The quantitative estimate of drug-likeness (QED) is 0.866. The largest absolute Gasteiger partial charge is 0.317 e. The molecule has 1 aromatic carbocycles. The maximum atomic E-state index is 12.9. The van der Waals surface area contributed by atoms with Crippen LogP contribution in [0, 0.1) is 11.7 Å². The first-order chi connectivity index (χ1) is 7.84. The van der Waals surface area contributed by atoms with Crippen LogP contribution >= 0.6 is 12.4 Å². The highest BCUT2D eigenvalue weighted by Crippen LogP contribution is 2.10. The fraction of sp³-hybridized carbons (Fsp3) is 0.538. The van der Waals surface area contributed by atoms with Gasteiger partial charge in [0.1, 0.15) is 5.82 Å². The molecule has 1 fully saturated rings. The summed E-state index contributed by atoms with van der Waals surface area (Å²) < 4.78 is 12.9. The number of benzene rings is 1. The predicted octanol–water partition coefficient (Wildman–Crippen LogP) is 2.34. The summed E-state index contributed by atoms with van der Waals surface area (Å²) in [4.78, 5) is 0. The first-order valence-corrected chi connectivity index (χ1v) is 6.00. The molecule has 1 aliphatic heterocycles. The zero-order valence-electron chi connectivity index (χ0n) is 9.92. The van der Waals surface area contributed by atoms with Crippen molar-refractivity contribution >= 4 is 12.4 Å². The van der Waals surface area contributed by atoms with Gasteiger partial charge in [-0.15, -0.1) is 12.4 Å². The first-order valence-electron chi connectivity index (χ1n) is 6.00. The Balaban J connectivity index is 0.00000144. The second-order valence-corrected chi connectivity index (χ2v) is 4.45. The van der Waals surface area contributed by atoms with E-state index in [0.717, 1.165) is 37.7 Å². The molecule has 0 radical (unpaired) electrons. The third-order valence-corrected chi connectivity index (χ3v) is 3.11. The lowest BCUT2D eigenvalue weighted by Gasteiger charge is -2.22. The van der Waals surface area contributed by atoms with E-state index in [1.807, 2.05) is 6.07 Å². The minimum Gasteiger partial charge on any atom is -0.317 e. The Bertz CT molecular complexity index is 327. The molecule has 96 valence electrons. The lowest BCUT2D eigenvalue weighted by atomic mass is 9.98. The van der Waals surface area contributed by atoms with Crippen LogP contribution < -0.4 is 10.6 Å². The van der Waals surface area contributed by atoms with E-state index in [-0.39, 0.29) is 18.2 Å². The van der Waals surface area contributed by atoms with Gasteiger partial charge in [0, 0.05) is 6.54 Å². The number of piperidine rings is 1. The van der Waals surface area contributed by atoms with Crippen LogP contribution in [0.25, 0.3) is 0 Å². The number of halogens is 2. The molecule has 0 bridgehead atoms. The van der Waals surface area contributed by atoms with Crippen molar-refractivity contribution in [2.75, 3.05) is 19.6 Å². The third-order valence-electron chi connectivity index (χ3n) is 3.11. The Kier molecular flexibility index (Phi) is 6.48. The molecule has 2 N–H and O–H groups in total. The van der Waals surface area contributed by atoms with Crippen LogP contribution in [0.2, 0.25) is 0 Å². The van der Waals surface area contributed by atoms with Crippen LogP contribution in [0.15, 0.2) is 24.3 Å². The normalized spacial score (nSPS) is 16.5. The molecule has 1 aliphatic rings. The minimum atomic E-state index is -0.152. The summed E-state index contributed by atoms with van der Waals surface area (Å²) in [5, 5.41) is 6.76. The Morgan fingerprint density at radius 2 is 2.06 bits per heavy atom. The molecule has 0 spiro atoms. The molecule has 0 aromatic heterocycles. The number of hydrogen-bond acceptors (Lipinski definition) is 2. The van der Waals surface area contributed by atoms with Gasteiger partial charge in [0.2, 0.25) is 0 Å². The summed E-state index contributed by atoms with van der Waals surface area (Å²) in [6.45, 7) is 4.07. The van der Waals surface area contributed by atoms with Crippen molar-refractivity contribution < 1.29 is 4.39 Å². The highest BCUT2D eigenvalue weighted by Gasteiger charge is 2.11. The fourth-order valence-corrected chi connectivity index (χ4v) is 2.15. The summed E-state index contributed by atoms with van der Waals surface area (Å²) in [5.74, 6) is 0.621. The van der Waals surface area contributed by atoms with E-state index in [1.54, 1.807) is 12.1 Å². The fourth-order valence-electron chi connectivity index (χ4n) is 2.15. The second kappa shape index (κ2) is 7.64. The zero-order chi connectivity index (χ0) is 11.2. The molecule has 2 nitrogen and oxygen atoms in total. The molecule has 0 saturated carbocycles. The lowest BCUT2D eigenvalue weighted by molar-refractivity contribution is 0.356. The lowest BCUT2D eigenvalue weighted by Crippen LogP contribution is -2.33. The van der Waals surface area contributed by atoms with Crippen LogP contribution in [0.3, 0.4) is 0 Å². The van der Waals surface area contributed by atoms with E-state index in [4.69, 9.17) is 0 Å². The Hall–Kier alpha value is -0.640. The minimum absolute atomic E-state index is 0. The standard InChI is InChI=1S/C13H19FN2.ClH/c14-13-3-1-2-12(8-13)10-16-9-11-4-6-15-7-5-11;/h1-3,8,11,15-16H,4-7,9-10H2;1H. The predicted molar refractivity (Wildman–Crippen MR) is 70.9 cm³/mol. The van der Waals surface area contributed by atoms with Gasteiger partial charge in [0.05, 0.1) is 0 Å². The molecule has 1 heterocycles. The second-order valence-electron chi connectivity index (χ2n) is 4.45. The maximum Gasteiger partial charge on any atom is 0.123 e. The van der Waals surface area contributed by atoms with E-state index in [0.29, 0.717) is 0 Å². The molecule has 2 rings (SSSR count). The van der Waals surface area contributed by atoms with Crippen molar-refractivity contribution in [1.29, 1.82) is 0 Å². The molecule has 0 amide bonds. The molecule has 0 aliphatic carbocycles. The molecule has 0 unspecified atom stereocenters. The van der Waals surface area contributed by atoms with Gasteiger partial charge in [-0.05, 0) is 56.1 Å². The van der Waals surface area contributed by atoms with E-state index in [2.05, 4.69) is 10.6 Å². The monoisotopic (exact) mass is 258 g/mol. The zero-order valence-corrected chi connectivity index (χ0v) is 10.7. The van der Waals surface area contributed by atoms with Crippen LogP contribution in [-0.2, 0) is 6.54 Å². The SMILES string of the molecule is Cl.Fc1cccc(CNCC2CCNCC2)c1. The van der Waals surface area contributed by atoms with Gasteiger partial charge in [-0.2, -0.15) is 0 Å². The summed E-state index contributed by atoms with van der Waals surface area (Å²) in [5.41, 5.74) is 1.02. The van der Waals surface area contributed by atoms with E-state index in [1.165, 1.54) is 18.9 Å². The average molecular weight is 259 g/mol. The topological polar surface area (TPSA) is 24.1 Å². The van der Waals surface area contributed by atoms with Crippen molar-refractivity contribution in [2.45, 2.75) is 19.4 Å². The third kappa shape index (κ3) is 5.02. The molecule has 4 heteroatoms. The van der Waals surface area contributed by atoms with Gasteiger partial charge in [-0.1, -0.05) is 12.1 Å². The van der Waals surface area contributed by atoms with Crippen molar-refractivity contribution in [3.8, 4) is 0 Å². The number of rotatable bonds is 4. The number of hydrogen-bond donors (Lipinski definition) is 2. The van der Waals surface area contributed by atoms with Gasteiger partial charge in [-0.25, -0.2) is 4.39 Å². The van der Waals surface area contributed by atoms with Gasteiger partial charge >= 0.3 is 0 Å². The maximum absolute atomic E-state index is 12.9. The van der Waals surface area contributed by atoms with Crippen molar-refractivity contribution in [1.82, 2.24) is 10.6 Å².